The second-order valence-corrected chi connectivity index (χ2v) is 12.0. The van der Waals surface area contributed by atoms with E-state index in [1.807, 2.05) is 11.3 Å². The van der Waals surface area contributed by atoms with Crippen LogP contribution in [0, 0.1) is 0 Å². The first-order valence-corrected chi connectivity index (χ1v) is 15.2. The van der Waals surface area contributed by atoms with Crippen molar-refractivity contribution in [2.24, 2.45) is 0 Å². The Balaban J connectivity index is 1.35. The van der Waals surface area contributed by atoms with Gasteiger partial charge in [0.05, 0.1) is 5.69 Å². The van der Waals surface area contributed by atoms with E-state index in [0.717, 1.165) is 11.4 Å². The normalized spacial score (nSPS) is 11.8. The van der Waals surface area contributed by atoms with Crippen LogP contribution in [0.15, 0.2) is 152 Å². The predicted molar refractivity (Wildman–Crippen MR) is 183 cm³/mol. The zero-order valence-electron chi connectivity index (χ0n) is 22.8. The number of hydrogen-bond acceptors (Lipinski definition) is 2. The maximum atomic E-state index is 2.38. The topological polar surface area (TPSA) is 3.24 Å². The van der Waals surface area contributed by atoms with Crippen molar-refractivity contribution in [2.75, 3.05) is 4.90 Å². The van der Waals surface area contributed by atoms with E-state index in [1.165, 1.54) is 69.3 Å². The summed E-state index contributed by atoms with van der Waals surface area (Å²) in [4.78, 5) is 2.38. The summed E-state index contributed by atoms with van der Waals surface area (Å²) in [6, 6.07) is 55.3. The van der Waals surface area contributed by atoms with Crippen LogP contribution in [0.2, 0.25) is 0 Å². The lowest BCUT2D eigenvalue weighted by Crippen LogP contribution is -2.10. The second kappa shape index (κ2) is 9.17. The molecule has 0 saturated carbocycles. The minimum absolute atomic E-state index is 1.15. The second-order valence-electron chi connectivity index (χ2n) is 10.9. The SMILES string of the molecule is c1ccc(N(c2ccccc2)c2ccc3ccc4c(-c5cccc6c5sc5ccccc56)ccc5ccc2c3c54)cc1. The Morgan fingerprint density at radius 2 is 0.976 bits per heavy atom. The molecule has 0 fully saturated rings. The van der Waals surface area contributed by atoms with E-state index in [-0.39, 0.29) is 0 Å². The van der Waals surface area contributed by atoms with Gasteiger partial charge in [0.15, 0.2) is 0 Å². The molecule has 2 heteroatoms. The lowest BCUT2D eigenvalue weighted by atomic mass is 9.89. The van der Waals surface area contributed by atoms with Gasteiger partial charge in [0.2, 0.25) is 0 Å². The molecule has 0 unspecified atom stereocenters. The number of nitrogens with zero attached hydrogens (tertiary/aromatic N) is 1. The Morgan fingerprint density at radius 3 is 1.74 bits per heavy atom. The largest absolute Gasteiger partial charge is 0.310 e. The fraction of sp³-hybridized carbons (Fsp3) is 0. The Kier molecular flexibility index (Phi) is 5.13. The van der Waals surface area contributed by atoms with Crippen LogP contribution >= 0.6 is 11.3 Å². The lowest BCUT2D eigenvalue weighted by Gasteiger charge is -2.27. The van der Waals surface area contributed by atoms with Crippen molar-refractivity contribution < 1.29 is 0 Å². The lowest BCUT2D eigenvalue weighted by molar-refractivity contribution is 1.30. The Labute approximate surface area is 247 Å². The van der Waals surface area contributed by atoms with Gasteiger partial charge >= 0.3 is 0 Å². The number of thiophene rings is 1. The van der Waals surface area contributed by atoms with Gasteiger partial charge in [-0.25, -0.2) is 0 Å². The van der Waals surface area contributed by atoms with Gasteiger partial charge in [-0.2, -0.15) is 0 Å². The van der Waals surface area contributed by atoms with E-state index in [2.05, 4.69) is 157 Å². The Bertz CT molecular complexity index is 2360. The first-order chi connectivity index (χ1) is 20.8. The standard InChI is InChI=1S/C40H25NS/c1-3-10-28(11-4-1)41(29-12-5-2-6-13-29)36-25-21-27-19-23-32-30(22-18-26-20-24-35(36)39(27)38(26)32)33-15-9-16-34-31-14-7-8-17-37(31)42-40(33)34/h1-25H. The molecule has 0 aliphatic heterocycles. The highest BCUT2D eigenvalue weighted by Crippen LogP contribution is 2.47. The van der Waals surface area contributed by atoms with Crippen LogP contribution < -0.4 is 4.90 Å². The van der Waals surface area contributed by atoms with Gasteiger partial charge in [0.1, 0.15) is 0 Å². The molecule has 0 amide bonds. The first kappa shape index (κ1) is 23.5. The Hall–Kier alpha value is -5.18. The third kappa shape index (κ3) is 3.43. The molecule has 42 heavy (non-hydrogen) atoms. The minimum Gasteiger partial charge on any atom is -0.310 e. The van der Waals surface area contributed by atoms with Crippen molar-refractivity contribution in [3.8, 4) is 11.1 Å². The third-order valence-corrected chi connectivity index (χ3v) is 9.83. The van der Waals surface area contributed by atoms with Crippen LogP contribution in [0.3, 0.4) is 0 Å². The quantitative estimate of drug-likeness (QED) is 0.197. The van der Waals surface area contributed by atoms with Crippen molar-refractivity contribution in [3.63, 3.8) is 0 Å². The molecular formula is C40H25NS. The van der Waals surface area contributed by atoms with E-state index in [4.69, 9.17) is 0 Å². The molecule has 0 aliphatic carbocycles. The summed E-state index contributed by atoms with van der Waals surface area (Å²) < 4.78 is 2.69. The fourth-order valence-electron chi connectivity index (χ4n) is 6.76. The van der Waals surface area contributed by atoms with Crippen LogP contribution in [0.25, 0.3) is 63.6 Å². The molecule has 9 aromatic rings. The van der Waals surface area contributed by atoms with Crippen molar-refractivity contribution in [2.45, 2.75) is 0 Å². The number of rotatable bonds is 4. The molecular weight excluding hydrogens is 527 g/mol. The summed E-state index contributed by atoms with van der Waals surface area (Å²) in [7, 11) is 0. The molecule has 1 nitrogen and oxygen atoms in total. The number of anilines is 3. The monoisotopic (exact) mass is 551 g/mol. The average molecular weight is 552 g/mol. The Morgan fingerprint density at radius 1 is 0.381 bits per heavy atom. The van der Waals surface area contributed by atoms with Crippen molar-refractivity contribution >= 4 is 80.9 Å². The molecule has 0 bridgehead atoms. The van der Waals surface area contributed by atoms with Crippen LogP contribution in [0.5, 0.6) is 0 Å². The average Bonchev–Trinajstić information content (AvgIpc) is 3.44. The van der Waals surface area contributed by atoms with Gasteiger partial charge in [-0.3, -0.25) is 0 Å². The van der Waals surface area contributed by atoms with E-state index >= 15 is 0 Å². The van der Waals surface area contributed by atoms with E-state index in [9.17, 15) is 0 Å². The number of hydrogen-bond donors (Lipinski definition) is 0. The highest BCUT2D eigenvalue weighted by Gasteiger charge is 2.20. The summed E-state index contributed by atoms with van der Waals surface area (Å²) in [6.45, 7) is 0. The molecule has 0 saturated heterocycles. The van der Waals surface area contributed by atoms with Gasteiger partial charge in [0.25, 0.3) is 0 Å². The van der Waals surface area contributed by atoms with Gasteiger partial charge in [-0.15, -0.1) is 11.3 Å². The van der Waals surface area contributed by atoms with Gasteiger partial charge in [-0.05, 0) is 68.9 Å². The molecule has 0 N–H and O–H groups in total. The van der Waals surface area contributed by atoms with Crippen LogP contribution in [0.1, 0.15) is 0 Å². The smallest absolute Gasteiger partial charge is 0.0540 e. The molecule has 9 rings (SSSR count). The van der Waals surface area contributed by atoms with E-state index in [0.29, 0.717) is 0 Å². The fourth-order valence-corrected chi connectivity index (χ4v) is 7.99. The highest BCUT2D eigenvalue weighted by atomic mass is 32.1. The van der Waals surface area contributed by atoms with Crippen molar-refractivity contribution in [1.82, 2.24) is 0 Å². The molecule has 8 aromatic carbocycles. The van der Waals surface area contributed by atoms with Crippen molar-refractivity contribution in [1.29, 1.82) is 0 Å². The summed E-state index contributed by atoms with van der Waals surface area (Å²) in [6.07, 6.45) is 0. The number of fused-ring (bicyclic) bond motifs is 3. The minimum atomic E-state index is 1.15. The van der Waals surface area contributed by atoms with Crippen molar-refractivity contribution in [3.05, 3.63) is 152 Å². The zero-order valence-corrected chi connectivity index (χ0v) is 23.6. The van der Waals surface area contributed by atoms with E-state index < -0.39 is 0 Å². The molecule has 1 aromatic heterocycles. The van der Waals surface area contributed by atoms with Gasteiger partial charge < -0.3 is 4.90 Å². The number of para-hydroxylation sites is 2. The maximum absolute atomic E-state index is 2.38. The predicted octanol–water partition coefficient (Wildman–Crippen LogP) is 12.1. The summed E-state index contributed by atoms with van der Waals surface area (Å²) in [5.41, 5.74) is 6.09. The van der Waals surface area contributed by atoms with E-state index in [1.54, 1.807) is 0 Å². The summed E-state index contributed by atoms with van der Waals surface area (Å²) in [5.74, 6) is 0. The summed E-state index contributed by atoms with van der Waals surface area (Å²) >= 11 is 1.90. The molecule has 0 spiro atoms. The molecule has 0 atom stereocenters. The van der Waals surface area contributed by atoms with Gasteiger partial charge in [-0.1, -0.05) is 115 Å². The van der Waals surface area contributed by atoms with Crippen LogP contribution in [0.4, 0.5) is 17.1 Å². The highest BCUT2D eigenvalue weighted by molar-refractivity contribution is 7.26. The molecule has 196 valence electrons. The zero-order chi connectivity index (χ0) is 27.6. The number of benzene rings is 8. The van der Waals surface area contributed by atoms with Crippen LogP contribution in [-0.2, 0) is 0 Å². The third-order valence-electron chi connectivity index (χ3n) is 8.61. The molecule has 0 aliphatic rings. The maximum Gasteiger partial charge on any atom is 0.0540 e. The molecule has 0 radical (unpaired) electrons. The van der Waals surface area contributed by atoms with Crippen LogP contribution in [-0.4, -0.2) is 0 Å². The molecule has 1 heterocycles. The van der Waals surface area contributed by atoms with Gasteiger partial charge in [0, 0.05) is 42.5 Å². The first-order valence-electron chi connectivity index (χ1n) is 14.4. The summed E-state index contributed by atoms with van der Waals surface area (Å²) in [5, 5.41) is 10.4.